The lowest BCUT2D eigenvalue weighted by atomic mass is 10.1. The number of rotatable bonds is 0. The summed E-state index contributed by atoms with van der Waals surface area (Å²) >= 11 is 0. The predicted molar refractivity (Wildman–Crippen MR) is 88.3 cm³/mol. The average molecular weight is 346 g/mol. The maximum Gasteiger partial charge on any atom is 0.231 e. The Hall–Kier alpha value is -3.81. The Morgan fingerprint density at radius 2 is 1.08 bits per heavy atom. The van der Waals surface area contributed by atoms with Crippen LogP contribution in [0.3, 0.4) is 0 Å². The quantitative estimate of drug-likeness (QED) is 0.304. The van der Waals surface area contributed by atoms with Crippen molar-refractivity contribution in [2.45, 2.75) is 0 Å². The lowest BCUT2D eigenvalue weighted by Crippen LogP contribution is -1.97. The fourth-order valence-electron chi connectivity index (χ4n) is 2.00. The lowest BCUT2D eigenvalue weighted by molar-refractivity contribution is 0.368. The van der Waals surface area contributed by atoms with E-state index in [1.807, 2.05) is 0 Å². The van der Waals surface area contributed by atoms with E-state index in [9.17, 15) is 25.2 Å². The smallest absolute Gasteiger partial charge is 0.231 e. The first-order valence-corrected chi connectivity index (χ1v) is 6.83. The second kappa shape index (κ2) is 6.75. The van der Waals surface area contributed by atoms with Gasteiger partial charge in [0, 0.05) is 0 Å². The molecule has 0 aliphatic carbocycles. The highest BCUT2D eigenvalue weighted by atomic mass is 16.3. The Kier molecular flexibility index (Phi) is 4.74. The molecule has 7 N–H and O–H groups in total. The highest BCUT2D eigenvalue weighted by molar-refractivity contribution is 5.92. The van der Waals surface area contributed by atoms with Crippen LogP contribution < -0.4 is 5.43 Å². The second-order valence-corrected chi connectivity index (χ2v) is 4.94. The standard InChI is InChI=1S/C11H8O5.C6H6O3/c12-6-3-1-2-5-4-7(13)10(15)11(16)8(5)9(6)14;7-4-2-1-3-5(8)6(4)9/h1-4,13,15-16H,(H,12,14);1-3,7-9H. The molecule has 8 heteroatoms. The van der Waals surface area contributed by atoms with Crippen molar-refractivity contribution in [2.75, 3.05) is 0 Å². The molecular weight excluding hydrogens is 332 g/mol. The zero-order valence-electron chi connectivity index (χ0n) is 12.6. The SMILES string of the molecule is O=c1c(O)cccc2cc(O)c(O)c(O)c12.Oc1cccc(O)c1O. The molecule has 0 saturated carbocycles. The molecule has 3 aromatic rings. The Morgan fingerprint density at radius 1 is 0.560 bits per heavy atom. The van der Waals surface area contributed by atoms with Gasteiger partial charge in [0.1, 0.15) is 0 Å². The number of hydrogen-bond acceptors (Lipinski definition) is 8. The summed E-state index contributed by atoms with van der Waals surface area (Å²) in [6, 6.07) is 9.12. The molecule has 0 spiro atoms. The maximum atomic E-state index is 11.6. The molecule has 0 heterocycles. The summed E-state index contributed by atoms with van der Waals surface area (Å²) < 4.78 is 0. The van der Waals surface area contributed by atoms with Gasteiger partial charge in [-0.2, -0.15) is 0 Å². The maximum absolute atomic E-state index is 11.6. The van der Waals surface area contributed by atoms with Crippen LogP contribution in [0.15, 0.2) is 47.3 Å². The molecule has 0 aromatic heterocycles. The van der Waals surface area contributed by atoms with Crippen LogP contribution in [0.2, 0.25) is 0 Å². The first kappa shape index (κ1) is 17.5. The molecule has 25 heavy (non-hydrogen) atoms. The number of benzene rings is 2. The van der Waals surface area contributed by atoms with E-state index in [0.717, 1.165) is 12.1 Å². The van der Waals surface area contributed by atoms with Gasteiger partial charge in [-0.15, -0.1) is 0 Å². The Balaban J connectivity index is 0.000000212. The molecular formula is C17H14O8. The van der Waals surface area contributed by atoms with E-state index < -0.39 is 34.2 Å². The van der Waals surface area contributed by atoms with Gasteiger partial charge in [0.25, 0.3) is 0 Å². The summed E-state index contributed by atoms with van der Waals surface area (Å²) in [6.07, 6.45) is 0. The predicted octanol–water partition coefficient (Wildman–Crippen LogP) is 1.83. The van der Waals surface area contributed by atoms with Gasteiger partial charge < -0.3 is 35.7 Å². The number of phenols is 6. The minimum absolute atomic E-state index is 0.220. The highest BCUT2D eigenvalue weighted by Gasteiger charge is 2.14. The zero-order chi connectivity index (χ0) is 18.7. The number of fused-ring (bicyclic) bond motifs is 1. The summed E-state index contributed by atoms with van der Waals surface area (Å²) in [6.45, 7) is 0. The molecule has 0 aliphatic heterocycles. The molecule has 0 fully saturated rings. The van der Waals surface area contributed by atoms with Crippen molar-refractivity contribution in [3.8, 4) is 40.2 Å². The third-order valence-corrected chi connectivity index (χ3v) is 3.27. The van der Waals surface area contributed by atoms with E-state index in [-0.39, 0.29) is 22.3 Å². The van der Waals surface area contributed by atoms with E-state index >= 15 is 0 Å². The molecule has 0 aliphatic rings. The van der Waals surface area contributed by atoms with Gasteiger partial charge in [-0.3, -0.25) is 4.79 Å². The van der Waals surface area contributed by atoms with Gasteiger partial charge >= 0.3 is 0 Å². The molecule has 3 aromatic carbocycles. The van der Waals surface area contributed by atoms with Crippen LogP contribution in [0.4, 0.5) is 0 Å². The zero-order valence-corrected chi connectivity index (χ0v) is 12.6. The number of hydrogen-bond donors (Lipinski definition) is 7. The minimum atomic E-state index is -0.812. The van der Waals surface area contributed by atoms with Gasteiger partial charge in [0.15, 0.2) is 34.5 Å². The third-order valence-electron chi connectivity index (χ3n) is 3.27. The number of para-hydroxylation sites is 1. The highest BCUT2D eigenvalue weighted by Crippen LogP contribution is 2.39. The molecule has 130 valence electrons. The van der Waals surface area contributed by atoms with Crippen molar-refractivity contribution < 1.29 is 35.7 Å². The molecule has 0 unspecified atom stereocenters. The number of aromatic hydroxyl groups is 7. The molecule has 0 saturated heterocycles. The van der Waals surface area contributed by atoms with Crippen molar-refractivity contribution in [1.82, 2.24) is 0 Å². The Labute approximate surface area is 140 Å². The van der Waals surface area contributed by atoms with E-state index in [4.69, 9.17) is 15.3 Å². The fourth-order valence-corrected chi connectivity index (χ4v) is 2.00. The Morgan fingerprint density at radius 3 is 1.64 bits per heavy atom. The van der Waals surface area contributed by atoms with Crippen LogP contribution in [0.5, 0.6) is 40.2 Å². The molecule has 0 amide bonds. The van der Waals surface area contributed by atoms with Crippen LogP contribution in [0, 0.1) is 0 Å². The average Bonchev–Trinajstić information content (AvgIpc) is 2.70. The van der Waals surface area contributed by atoms with E-state index in [0.29, 0.717) is 0 Å². The number of phenolic OH excluding ortho intramolecular Hbond substituents is 6. The van der Waals surface area contributed by atoms with Gasteiger partial charge in [-0.25, -0.2) is 0 Å². The van der Waals surface area contributed by atoms with Crippen molar-refractivity contribution in [1.29, 1.82) is 0 Å². The van der Waals surface area contributed by atoms with Crippen LogP contribution in [0.25, 0.3) is 10.8 Å². The van der Waals surface area contributed by atoms with Crippen molar-refractivity contribution in [3.05, 3.63) is 52.7 Å². The van der Waals surface area contributed by atoms with Crippen molar-refractivity contribution in [3.63, 3.8) is 0 Å². The lowest BCUT2D eigenvalue weighted by Gasteiger charge is -2.02. The van der Waals surface area contributed by atoms with Crippen molar-refractivity contribution >= 4 is 10.8 Å². The second-order valence-electron chi connectivity index (χ2n) is 4.94. The topological polar surface area (TPSA) is 159 Å². The van der Waals surface area contributed by atoms with Crippen LogP contribution in [-0.4, -0.2) is 35.7 Å². The molecule has 0 radical (unpaired) electrons. The van der Waals surface area contributed by atoms with Gasteiger partial charge in [0.05, 0.1) is 5.39 Å². The van der Waals surface area contributed by atoms with E-state index in [1.165, 1.54) is 30.3 Å². The summed E-state index contributed by atoms with van der Waals surface area (Å²) in [5.41, 5.74) is -0.812. The fraction of sp³-hybridized carbons (Fsp3) is 0. The van der Waals surface area contributed by atoms with E-state index in [2.05, 4.69) is 0 Å². The summed E-state index contributed by atoms with van der Waals surface area (Å²) in [4.78, 5) is 11.6. The molecule has 0 bridgehead atoms. The third kappa shape index (κ3) is 3.42. The van der Waals surface area contributed by atoms with Crippen molar-refractivity contribution in [2.24, 2.45) is 0 Å². The largest absolute Gasteiger partial charge is 0.504 e. The van der Waals surface area contributed by atoms with Crippen LogP contribution >= 0.6 is 0 Å². The normalized spacial score (nSPS) is 10.1. The van der Waals surface area contributed by atoms with E-state index in [1.54, 1.807) is 0 Å². The summed E-state index contributed by atoms with van der Waals surface area (Å²) in [7, 11) is 0. The molecule has 3 rings (SSSR count). The minimum Gasteiger partial charge on any atom is -0.504 e. The first-order valence-electron chi connectivity index (χ1n) is 6.83. The Bertz CT molecular complexity index is 977. The summed E-state index contributed by atoms with van der Waals surface area (Å²) in [5, 5.41) is 63.4. The monoisotopic (exact) mass is 346 g/mol. The van der Waals surface area contributed by atoms with Gasteiger partial charge in [0.2, 0.25) is 11.2 Å². The van der Waals surface area contributed by atoms with Gasteiger partial charge in [-0.1, -0.05) is 18.2 Å². The molecule has 8 nitrogen and oxygen atoms in total. The van der Waals surface area contributed by atoms with Gasteiger partial charge in [-0.05, 0) is 29.7 Å². The van der Waals surface area contributed by atoms with Crippen LogP contribution in [-0.2, 0) is 0 Å². The first-order chi connectivity index (χ1) is 11.7. The molecule has 0 atom stereocenters. The van der Waals surface area contributed by atoms with Crippen LogP contribution in [0.1, 0.15) is 0 Å². The summed E-state index contributed by atoms with van der Waals surface area (Å²) in [5.74, 6) is -3.70.